The number of carbonyl (C=O) groups is 1. The summed E-state index contributed by atoms with van der Waals surface area (Å²) in [6.07, 6.45) is 2.92. The average Bonchev–Trinajstić information content (AvgIpc) is 2.68. The fraction of sp³-hybridized carbons (Fsp3) is 0.105. The predicted molar refractivity (Wildman–Crippen MR) is 101 cm³/mol. The van der Waals surface area contributed by atoms with Crippen molar-refractivity contribution in [3.8, 4) is 5.75 Å². The van der Waals surface area contributed by atoms with Gasteiger partial charge >= 0.3 is 0 Å². The number of benzene rings is 2. The van der Waals surface area contributed by atoms with Crippen molar-refractivity contribution in [2.24, 2.45) is 0 Å². The van der Waals surface area contributed by atoms with E-state index in [1.165, 1.54) is 12.4 Å². The molecule has 26 heavy (non-hydrogen) atoms. The number of rotatable bonds is 6. The number of halogens is 1. The first kappa shape index (κ1) is 17.7. The molecule has 0 spiro atoms. The quantitative estimate of drug-likeness (QED) is 0.691. The van der Waals surface area contributed by atoms with Gasteiger partial charge in [0.1, 0.15) is 5.75 Å². The van der Waals surface area contributed by atoms with Crippen LogP contribution in [0.3, 0.4) is 0 Å². The lowest BCUT2D eigenvalue weighted by Gasteiger charge is -2.10. The Balaban J connectivity index is 1.63. The highest BCUT2D eigenvalue weighted by molar-refractivity contribution is 6.33. The maximum absolute atomic E-state index is 12.3. The summed E-state index contributed by atoms with van der Waals surface area (Å²) < 4.78 is 5.27. The Morgan fingerprint density at radius 2 is 1.77 bits per heavy atom. The number of hydrogen-bond donors (Lipinski definition) is 2. The number of amides is 1. The Bertz CT molecular complexity index is 900. The van der Waals surface area contributed by atoms with E-state index in [1.807, 2.05) is 42.5 Å². The molecule has 2 aromatic carbocycles. The fourth-order valence-electron chi connectivity index (χ4n) is 2.32. The number of carbonyl (C=O) groups excluding carboxylic acids is 1. The molecule has 0 saturated carbocycles. The van der Waals surface area contributed by atoms with Crippen LogP contribution in [-0.4, -0.2) is 23.0 Å². The van der Waals surface area contributed by atoms with E-state index in [1.54, 1.807) is 13.2 Å². The van der Waals surface area contributed by atoms with Crippen molar-refractivity contribution in [2.45, 2.75) is 6.54 Å². The third-order valence-electron chi connectivity index (χ3n) is 3.67. The fourth-order valence-corrected chi connectivity index (χ4v) is 2.50. The van der Waals surface area contributed by atoms with Crippen molar-refractivity contribution >= 4 is 29.1 Å². The number of aromatic nitrogens is 2. The van der Waals surface area contributed by atoms with E-state index in [0.29, 0.717) is 28.8 Å². The number of nitrogens with zero attached hydrogens (tertiary/aromatic N) is 2. The number of anilines is 2. The van der Waals surface area contributed by atoms with Crippen molar-refractivity contribution in [1.82, 2.24) is 15.3 Å². The van der Waals surface area contributed by atoms with E-state index in [4.69, 9.17) is 16.3 Å². The molecule has 6 nitrogen and oxygen atoms in total. The molecule has 0 unspecified atom stereocenters. The van der Waals surface area contributed by atoms with Gasteiger partial charge in [-0.15, -0.1) is 0 Å². The van der Waals surface area contributed by atoms with Gasteiger partial charge < -0.3 is 15.4 Å². The maximum Gasteiger partial charge on any atom is 0.254 e. The molecule has 1 aromatic heterocycles. The van der Waals surface area contributed by atoms with Gasteiger partial charge in [-0.05, 0) is 18.2 Å². The lowest BCUT2D eigenvalue weighted by Crippen LogP contribution is -2.23. The second-order valence-electron chi connectivity index (χ2n) is 5.39. The van der Waals surface area contributed by atoms with E-state index in [0.717, 1.165) is 11.3 Å². The van der Waals surface area contributed by atoms with Crippen molar-refractivity contribution < 1.29 is 9.53 Å². The summed E-state index contributed by atoms with van der Waals surface area (Å²) in [7, 11) is 1.60. The molecule has 0 saturated heterocycles. The first-order valence-electron chi connectivity index (χ1n) is 7.91. The molecule has 0 radical (unpaired) electrons. The first-order chi connectivity index (χ1) is 12.7. The Hall–Kier alpha value is -3.12. The summed E-state index contributed by atoms with van der Waals surface area (Å²) in [6.45, 7) is 0.350. The molecule has 7 heteroatoms. The lowest BCUT2D eigenvalue weighted by molar-refractivity contribution is 0.0950. The van der Waals surface area contributed by atoms with Crippen molar-refractivity contribution in [3.63, 3.8) is 0 Å². The lowest BCUT2D eigenvalue weighted by atomic mass is 10.2. The number of ether oxygens (including phenoxy) is 1. The summed E-state index contributed by atoms with van der Waals surface area (Å²) in [5.74, 6) is 0.822. The highest BCUT2D eigenvalue weighted by Gasteiger charge is 2.09. The van der Waals surface area contributed by atoms with Crippen LogP contribution in [-0.2, 0) is 6.54 Å². The normalized spacial score (nSPS) is 10.2. The van der Waals surface area contributed by atoms with Gasteiger partial charge in [0.05, 0.1) is 23.4 Å². The molecule has 0 fully saturated rings. The van der Waals surface area contributed by atoms with Crippen molar-refractivity contribution in [1.29, 1.82) is 0 Å². The number of methoxy groups -OCH3 is 1. The number of nitrogens with one attached hydrogen (secondary N) is 2. The molecule has 1 amide bonds. The zero-order chi connectivity index (χ0) is 18.4. The van der Waals surface area contributed by atoms with Crippen molar-refractivity contribution in [3.05, 3.63) is 77.1 Å². The molecule has 132 valence electrons. The molecule has 3 aromatic rings. The smallest absolute Gasteiger partial charge is 0.254 e. The molecular weight excluding hydrogens is 352 g/mol. The van der Waals surface area contributed by atoms with Crippen LogP contribution < -0.4 is 15.4 Å². The van der Waals surface area contributed by atoms with E-state index in [-0.39, 0.29) is 5.91 Å². The van der Waals surface area contributed by atoms with Crippen LogP contribution in [0.4, 0.5) is 11.6 Å². The zero-order valence-corrected chi connectivity index (χ0v) is 14.8. The summed E-state index contributed by atoms with van der Waals surface area (Å²) in [4.78, 5) is 20.6. The molecule has 2 N–H and O–H groups in total. The van der Waals surface area contributed by atoms with E-state index in [2.05, 4.69) is 20.6 Å². The van der Waals surface area contributed by atoms with Gasteiger partial charge in [-0.1, -0.05) is 41.9 Å². The van der Waals surface area contributed by atoms with E-state index >= 15 is 0 Å². The number of hydrogen-bond acceptors (Lipinski definition) is 5. The Labute approximate surface area is 156 Å². The van der Waals surface area contributed by atoms with Crippen LogP contribution >= 0.6 is 11.6 Å². The highest BCUT2D eigenvalue weighted by Crippen LogP contribution is 2.23. The summed E-state index contributed by atoms with van der Waals surface area (Å²) >= 11 is 6.09. The van der Waals surface area contributed by atoms with Crippen molar-refractivity contribution in [2.75, 3.05) is 12.4 Å². The molecular formula is C19H17ClN4O2. The molecule has 0 aliphatic carbocycles. The van der Waals surface area contributed by atoms with Gasteiger partial charge in [0.2, 0.25) is 5.95 Å². The first-order valence-corrected chi connectivity index (χ1v) is 8.29. The maximum atomic E-state index is 12.3. The Morgan fingerprint density at radius 3 is 2.50 bits per heavy atom. The van der Waals surface area contributed by atoms with Gasteiger partial charge in [-0.3, -0.25) is 4.79 Å². The standard InChI is InChI=1S/C19H17ClN4O2/c1-26-17-9-5-2-6-13(17)10-21-18(25)14-11-22-19(23-12-14)24-16-8-4-3-7-15(16)20/h2-9,11-12H,10H2,1H3,(H,21,25)(H,22,23,24). The van der Waals surface area contributed by atoms with Crippen LogP contribution in [0.1, 0.15) is 15.9 Å². The van der Waals surface area contributed by atoms with E-state index in [9.17, 15) is 4.79 Å². The van der Waals surface area contributed by atoms with Crippen LogP contribution in [0.25, 0.3) is 0 Å². The van der Waals surface area contributed by atoms with Gasteiger partial charge in [0.25, 0.3) is 5.91 Å². The summed E-state index contributed by atoms with van der Waals surface area (Å²) in [6, 6.07) is 14.8. The Kier molecular flexibility index (Phi) is 5.66. The van der Waals surface area contributed by atoms with Crippen LogP contribution in [0.2, 0.25) is 5.02 Å². The molecule has 0 aliphatic rings. The largest absolute Gasteiger partial charge is 0.496 e. The monoisotopic (exact) mass is 368 g/mol. The van der Waals surface area contributed by atoms with E-state index < -0.39 is 0 Å². The number of para-hydroxylation sites is 2. The van der Waals surface area contributed by atoms with Crippen LogP contribution in [0.15, 0.2) is 60.9 Å². The molecule has 1 heterocycles. The van der Waals surface area contributed by atoms with Gasteiger partial charge in [0, 0.05) is 24.5 Å². The highest BCUT2D eigenvalue weighted by atomic mass is 35.5. The second kappa shape index (κ2) is 8.31. The van der Waals surface area contributed by atoms with Crippen LogP contribution in [0.5, 0.6) is 5.75 Å². The summed E-state index contributed by atoms with van der Waals surface area (Å²) in [5, 5.41) is 6.40. The molecule has 0 bridgehead atoms. The average molecular weight is 369 g/mol. The minimum atomic E-state index is -0.264. The molecule has 3 rings (SSSR count). The van der Waals surface area contributed by atoms with Gasteiger partial charge in [-0.25, -0.2) is 9.97 Å². The third kappa shape index (κ3) is 4.29. The predicted octanol–water partition coefficient (Wildman–Crippen LogP) is 3.81. The summed E-state index contributed by atoms with van der Waals surface area (Å²) in [5.41, 5.74) is 1.95. The van der Waals surface area contributed by atoms with Gasteiger partial charge in [0.15, 0.2) is 0 Å². The minimum Gasteiger partial charge on any atom is -0.496 e. The Morgan fingerprint density at radius 1 is 1.08 bits per heavy atom. The zero-order valence-electron chi connectivity index (χ0n) is 14.1. The topological polar surface area (TPSA) is 76.1 Å². The third-order valence-corrected chi connectivity index (χ3v) is 4.00. The molecule has 0 aliphatic heterocycles. The SMILES string of the molecule is COc1ccccc1CNC(=O)c1cnc(Nc2ccccc2Cl)nc1. The minimum absolute atomic E-state index is 0.264. The second-order valence-corrected chi connectivity index (χ2v) is 5.80. The van der Waals surface area contributed by atoms with Gasteiger partial charge in [-0.2, -0.15) is 0 Å². The van der Waals surface area contributed by atoms with Crippen LogP contribution in [0, 0.1) is 0 Å². The molecule has 0 atom stereocenters.